The molecule has 100 valence electrons. The van der Waals surface area contributed by atoms with Crippen molar-refractivity contribution >= 4 is 27.8 Å². The summed E-state index contributed by atoms with van der Waals surface area (Å²) in [4.78, 5) is 24.7. The topological polar surface area (TPSA) is 46.6 Å². The number of hydrogen-bond donors (Lipinski definition) is 0. The fourth-order valence-corrected chi connectivity index (χ4v) is 2.72. The molecule has 1 aromatic carbocycles. The van der Waals surface area contributed by atoms with Crippen molar-refractivity contribution in [3.05, 3.63) is 47.0 Å². The van der Waals surface area contributed by atoms with E-state index in [9.17, 15) is 9.59 Å². The van der Waals surface area contributed by atoms with Crippen LogP contribution in [0.1, 0.15) is 18.5 Å². The van der Waals surface area contributed by atoms with E-state index >= 15 is 0 Å². The minimum absolute atomic E-state index is 0.184. The van der Waals surface area contributed by atoms with E-state index in [2.05, 4.69) is 22.5 Å². The Kier molecular flexibility index (Phi) is 4.04. The van der Waals surface area contributed by atoms with Crippen molar-refractivity contribution in [1.29, 1.82) is 0 Å². The molecule has 2 atom stereocenters. The Labute approximate surface area is 120 Å². The van der Waals surface area contributed by atoms with Crippen molar-refractivity contribution in [3.63, 3.8) is 0 Å². The van der Waals surface area contributed by atoms with Crippen LogP contribution in [0.15, 0.2) is 41.4 Å². The van der Waals surface area contributed by atoms with E-state index < -0.39 is 12.1 Å². The molecular formula is C14H14BrNO3. The van der Waals surface area contributed by atoms with Gasteiger partial charge in [0.2, 0.25) is 6.10 Å². The predicted octanol–water partition coefficient (Wildman–Crippen LogP) is 2.45. The zero-order chi connectivity index (χ0) is 14.0. The van der Waals surface area contributed by atoms with Gasteiger partial charge in [0.25, 0.3) is 5.91 Å². The van der Waals surface area contributed by atoms with Crippen molar-refractivity contribution in [2.75, 3.05) is 6.54 Å². The molecule has 0 radical (unpaired) electrons. The number of esters is 1. The molecule has 2 rings (SSSR count). The summed E-state index contributed by atoms with van der Waals surface area (Å²) in [5, 5.41) is 0. The Morgan fingerprint density at radius 3 is 2.79 bits per heavy atom. The molecule has 0 aliphatic carbocycles. The van der Waals surface area contributed by atoms with Crippen molar-refractivity contribution < 1.29 is 14.3 Å². The van der Waals surface area contributed by atoms with Gasteiger partial charge in [0.15, 0.2) is 0 Å². The Morgan fingerprint density at radius 1 is 1.53 bits per heavy atom. The standard InChI is InChI=1S/C14H14BrNO3/c1-3-8-16-12(10-6-4-5-7-11(10)15)13(14(16)18)19-9(2)17/h3-7,12-13H,1,8H2,2H3/t12-,13+/m1/s1. The van der Waals surface area contributed by atoms with Gasteiger partial charge < -0.3 is 9.64 Å². The lowest BCUT2D eigenvalue weighted by molar-refractivity contribution is -0.181. The quantitative estimate of drug-likeness (QED) is 0.486. The molecule has 19 heavy (non-hydrogen) atoms. The van der Waals surface area contributed by atoms with E-state index in [1.54, 1.807) is 11.0 Å². The van der Waals surface area contributed by atoms with Gasteiger partial charge in [-0.15, -0.1) is 6.58 Å². The van der Waals surface area contributed by atoms with Gasteiger partial charge in [-0.2, -0.15) is 0 Å². The lowest BCUT2D eigenvalue weighted by Crippen LogP contribution is -2.60. The molecule has 1 aliphatic heterocycles. The van der Waals surface area contributed by atoms with Crippen LogP contribution in [0.2, 0.25) is 0 Å². The summed E-state index contributed by atoms with van der Waals surface area (Å²) in [7, 11) is 0. The van der Waals surface area contributed by atoms with Gasteiger partial charge in [-0.05, 0) is 11.6 Å². The highest BCUT2D eigenvalue weighted by atomic mass is 79.9. The van der Waals surface area contributed by atoms with Crippen LogP contribution >= 0.6 is 15.9 Å². The second kappa shape index (κ2) is 5.57. The van der Waals surface area contributed by atoms with Crippen molar-refractivity contribution in [2.24, 2.45) is 0 Å². The molecule has 1 fully saturated rings. The number of benzene rings is 1. The molecule has 0 unspecified atom stereocenters. The lowest BCUT2D eigenvalue weighted by Gasteiger charge is -2.46. The number of carbonyl (C=O) groups excluding carboxylic acids is 2. The van der Waals surface area contributed by atoms with Crippen LogP contribution in [0.5, 0.6) is 0 Å². The maximum Gasteiger partial charge on any atom is 0.303 e. The number of likely N-dealkylation sites (tertiary alicyclic amines) is 1. The van der Waals surface area contributed by atoms with Gasteiger partial charge in [-0.25, -0.2) is 0 Å². The van der Waals surface area contributed by atoms with Crippen LogP contribution in [0.4, 0.5) is 0 Å². The number of halogens is 1. The maximum absolute atomic E-state index is 12.0. The summed E-state index contributed by atoms with van der Waals surface area (Å²) in [6.07, 6.45) is 0.919. The number of amides is 1. The Bertz CT molecular complexity index is 529. The van der Waals surface area contributed by atoms with E-state index in [1.807, 2.05) is 24.3 Å². The van der Waals surface area contributed by atoms with Gasteiger partial charge in [0.05, 0.1) is 0 Å². The number of hydrogen-bond acceptors (Lipinski definition) is 3. The van der Waals surface area contributed by atoms with Crippen molar-refractivity contribution in [3.8, 4) is 0 Å². The second-order valence-corrected chi connectivity index (χ2v) is 5.13. The smallest absolute Gasteiger partial charge is 0.303 e. The first kappa shape index (κ1) is 13.8. The molecule has 5 heteroatoms. The van der Waals surface area contributed by atoms with Crippen molar-refractivity contribution in [2.45, 2.75) is 19.1 Å². The summed E-state index contributed by atoms with van der Waals surface area (Å²) in [6.45, 7) is 5.38. The Hall–Kier alpha value is -1.62. The van der Waals surface area contributed by atoms with Gasteiger partial charge in [-0.1, -0.05) is 40.2 Å². The van der Waals surface area contributed by atoms with Crippen LogP contribution in [0.3, 0.4) is 0 Å². The normalized spacial score (nSPS) is 21.8. The van der Waals surface area contributed by atoms with Crippen LogP contribution in [0.25, 0.3) is 0 Å². The third-order valence-electron chi connectivity index (χ3n) is 2.99. The lowest BCUT2D eigenvalue weighted by atomic mass is 9.90. The number of β-lactam (4-membered cyclic amide) rings is 1. The summed E-state index contributed by atoms with van der Waals surface area (Å²) in [5.41, 5.74) is 0.926. The summed E-state index contributed by atoms with van der Waals surface area (Å²) < 4.78 is 6.00. The molecule has 0 saturated carbocycles. The molecule has 0 aromatic heterocycles. The summed E-state index contributed by atoms with van der Waals surface area (Å²) in [6, 6.07) is 7.33. The second-order valence-electron chi connectivity index (χ2n) is 4.28. The van der Waals surface area contributed by atoms with Crippen LogP contribution in [0, 0.1) is 0 Å². The van der Waals surface area contributed by atoms with Gasteiger partial charge in [-0.3, -0.25) is 9.59 Å². The van der Waals surface area contributed by atoms with E-state index in [0.717, 1.165) is 10.0 Å². The zero-order valence-corrected chi connectivity index (χ0v) is 12.1. The Morgan fingerprint density at radius 2 is 2.21 bits per heavy atom. The predicted molar refractivity (Wildman–Crippen MR) is 74.3 cm³/mol. The third-order valence-corrected chi connectivity index (χ3v) is 3.71. The molecule has 0 N–H and O–H groups in total. The van der Waals surface area contributed by atoms with Crippen LogP contribution in [-0.2, 0) is 14.3 Å². The molecule has 1 amide bonds. The fraction of sp³-hybridized carbons (Fsp3) is 0.286. The van der Waals surface area contributed by atoms with Gasteiger partial charge >= 0.3 is 5.97 Å². The summed E-state index contributed by atoms with van der Waals surface area (Å²) >= 11 is 3.46. The zero-order valence-electron chi connectivity index (χ0n) is 10.5. The van der Waals surface area contributed by atoms with Crippen LogP contribution < -0.4 is 0 Å². The minimum atomic E-state index is -0.740. The first-order valence-electron chi connectivity index (χ1n) is 5.89. The highest BCUT2D eigenvalue weighted by molar-refractivity contribution is 9.10. The summed E-state index contributed by atoms with van der Waals surface area (Å²) in [5.74, 6) is -0.635. The monoisotopic (exact) mass is 323 g/mol. The molecule has 1 aliphatic rings. The average molecular weight is 324 g/mol. The molecular weight excluding hydrogens is 310 g/mol. The molecule has 1 aromatic rings. The number of carbonyl (C=O) groups is 2. The SMILES string of the molecule is C=CCN1C(=O)[C@@H](OC(C)=O)[C@H]1c1ccccc1Br. The first-order valence-corrected chi connectivity index (χ1v) is 6.68. The molecule has 4 nitrogen and oxygen atoms in total. The Balaban J connectivity index is 2.31. The third kappa shape index (κ3) is 2.56. The molecule has 0 spiro atoms. The van der Waals surface area contributed by atoms with Crippen LogP contribution in [-0.4, -0.2) is 29.4 Å². The number of nitrogens with zero attached hydrogens (tertiary/aromatic N) is 1. The van der Waals surface area contributed by atoms with E-state index in [4.69, 9.17) is 4.74 Å². The number of ether oxygens (including phenoxy) is 1. The molecule has 1 heterocycles. The van der Waals surface area contributed by atoms with E-state index in [1.165, 1.54) is 6.92 Å². The highest BCUT2D eigenvalue weighted by Gasteiger charge is 2.50. The van der Waals surface area contributed by atoms with Crippen molar-refractivity contribution in [1.82, 2.24) is 4.90 Å². The van der Waals surface area contributed by atoms with Gasteiger partial charge in [0, 0.05) is 17.9 Å². The van der Waals surface area contributed by atoms with Gasteiger partial charge in [0.1, 0.15) is 6.04 Å². The van der Waals surface area contributed by atoms with E-state index in [0.29, 0.717) is 6.54 Å². The minimum Gasteiger partial charge on any atom is -0.450 e. The highest BCUT2D eigenvalue weighted by Crippen LogP contribution is 2.39. The first-order chi connectivity index (χ1) is 9.06. The largest absolute Gasteiger partial charge is 0.450 e. The maximum atomic E-state index is 12.0. The molecule has 0 bridgehead atoms. The number of rotatable bonds is 4. The van der Waals surface area contributed by atoms with E-state index in [-0.39, 0.29) is 11.9 Å². The average Bonchev–Trinajstić information content (AvgIpc) is 2.38. The molecule has 1 saturated heterocycles. The fourth-order valence-electron chi connectivity index (χ4n) is 2.20.